The number of thiocarbonyl (C=S) groups is 1. The molecule has 0 aromatic heterocycles. The minimum Gasteiger partial charge on any atom is -0.338 e. The Kier molecular flexibility index (Phi) is 6.55. The van der Waals surface area contributed by atoms with Gasteiger partial charge in [0.2, 0.25) is 11.8 Å². The summed E-state index contributed by atoms with van der Waals surface area (Å²) < 4.78 is 0. The lowest BCUT2D eigenvalue weighted by Gasteiger charge is -2.60. The molecule has 3 aliphatic carbocycles. The Labute approximate surface area is 221 Å². The maximum atomic E-state index is 14.2. The lowest BCUT2D eigenvalue weighted by Crippen LogP contribution is -2.60. The lowest BCUT2D eigenvalue weighted by molar-refractivity contribution is -0.145. The normalized spacial score (nSPS) is 37.2. The molecular formula is C30H41N3O2S. The number of amides is 2. The molecule has 1 aliphatic heterocycles. The van der Waals surface area contributed by atoms with E-state index in [1.165, 1.54) is 0 Å². The molecule has 36 heavy (non-hydrogen) atoms. The van der Waals surface area contributed by atoms with Crippen LogP contribution in [0.5, 0.6) is 0 Å². The fraction of sp³-hybridized carbons (Fsp3) is 0.633. The van der Waals surface area contributed by atoms with E-state index in [-0.39, 0.29) is 40.6 Å². The third kappa shape index (κ3) is 3.91. The summed E-state index contributed by atoms with van der Waals surface area (Å²) in [6.45, 7) is 8.87. The molecule has 0 bridgehead atoms. The molecule has 3 fully saturated rings. The number of carbonyl (C=O) groups is 2. The van der Waals surface area contributed by atoms with Crippen LogP contribution in [0.15, 0.2) is 42.5 Å². The van der Waals surface area contributed by atoms with Crippen molar-refractivity contribution in [2.24, 2.45) is 34.5 Å². The van der Waals surface area contributed by atoms with Crippen molar-refractivity contribution in [3.63, 3.8) is 0 Å². The zero-order valence-corrected chi connectivity index (χ0v) is 23.2. The van der Waals surface area contributed by atoms with Crippen LogP contribution in [0, 0.1) is 34.5 Å². The third-order valence-electron chi connectivity index (χ3n) is 10.4. The summed E-state index contributed by atoms with van der Waals surface area (Å²) in [5, 5.41) is 3.79. The van der Waals surface area contributed by atoms with Crippen molar-refractivity contribution in [2.75, 3.05) is 12.4 Å². The number of para-hydroxylation sites is 1. The summed E-state index contributed by atoms with van der Waals surface area (Å²) in [7, 11) is 1.97. The lowest BCUT2D eigenvalue weighted by atomic mass is 9.47. The number of carbonyl (C=O) groups excluding carboxylic acids is 2. The van der Waals surface area contributed by atoms with E-state index in [0.29, 0.717) is 22.9 Å². The number of rotatable bonds is 3. The second-order valence-electron chi connectivity index (χ2n) is 12.4. The van der Waals surface area contributed by atoms with Crippen LogP contribution in [0.4, 0.5) is 5.69 Å². The van der Waals surface area contributed by atoms with Gasteiger partial charge >= 0.3 is 0 Å². The average molecular weight is 508 g/mol. The highest BCUT2D eigenvalue weighted by Gasteiger charge is 2.62. The Morgan fingerprint density at radius 3 is 2.50 bits per heavy atom. The zero-order valence-electron chi connectivity index (χ0n) is 22.4. The number of hydrogen-bond acceptors (Lipinski definition) is 3. The molecule has 194 valence electrons. The molecular weight excluding hydrogens is 466 g/mol. The van der Waals surface area contributed by atoms with Gasteiger partial charge in [0.1, 0.15) is 0 Å². The first-order valence-corrected chi connectivity index (χ1v) is 14.1. The fourth-order valence-electron chi connectivity index (χ4n) is 8.61. The largest absolute Gasteiger partial charge is 0.338 e. The summed E-state index contributed by atoms with van der Waals surface area (Å²) >= 11 is 5.77. The summed E-state index contributed by atoms with van der Waals surface area (Å²) in [4.78, 5) is 30.3. The van der Waals surface area contributed by atoms with Crippen molar-refractivity contribution in [1.82, 2.24) is 9.80 Å². The Hall–Kier alpha value is -2.21. The van der Waals surface area contributed by atoms with E-state index in [1.807, 2.05) is 47.2 Å². The molecule has 2 amide bonds. The highest BCUT2D eigenvalue weighted by molar-refractivity contribution is 7.80. The standard InChI is InChI=1S/C30H41N3O2S/c1-19(2)33(28(36)31-20-9-7-6-8-10-20)27(35)24-13-12-22-21-11-14-25-30(4,18-16-26(34)32(25)5)23(21)15-17-29(22,24)3/h6-10,16,18-19,21-25H,11-15,17H2,1-5H3,(H,31,36)/t21-,22-,23-,24+,25+,29-,30+/m0/s1. The first-order chi connectivity index (χ1) is 17.1. The molecule has 4 aliphatic rings. The molecule has 5 nitrogen and oxygen atoms in total. The Morgan fingerprint density at radius 1 is 1.08 bits per heavy atom. The van der Waals surface area contributed by atoms with Crippen molar-refractivity contribution in [3.05, 3.63) is 42.5 Å². The SMILES string of the molecule is CC(C)N(C(=O)[C@H]1CC[C@H]2[C@@H]3CC[C@H]4N(C)C(=O)C=C[C@]4(C)[C@H]3CC[C@]12C)C(=S)Nc1ccccc1. The van der Waals surface area contributed by atoms with Crippen LogP contribution >= 0.6 is 12.2 Å². The minimum atomic E-state index is -0.00463. The van der Waals surface area contributed by atoms with Gasteiger partial charge in [-0.15, -0.1) is 0 Å². The zero-order chi connectivity index (χ0) is 25.8. The topological polar surface area (TPSA) is 52.7 Å². The van der Waals surface area contributed by atoms with E-state index in [9.17, 15) is 9.59 Å². The van der Waals surface area contributed by atoms with Gasteiger partial charge in [-0.05, 0) is 106 Å². The Bertz CT molecular complexity index is 1070. The minimum absolute atomic E-state index is 0.00180. The van der Waals surface area contributed by atoms with E-state index in [0.717, 1.165) is 44.2 Å². The summed E-state index contributed by atoms with van der Waals surface area (Å²) in [5.74, 6) is 2.04. The molecule has 0 saturated heterocycles. The summed E-state index contributed by atoms with van der Waals surface area (Å²) in [6.07, 6.45) is 10.5. The van der Waals surface area contributed by atoms with Crippen LogP contribution in [0.25, 0.3) is 0 Å². The molecule has 1 aromatic carbocycles. The van der Waals surface area contributed by atoms with Crippen LogP contribution in [-0.2, 0) is 9.59 Å². The average Bonchev–Trinajstić information content (AvgIpc) is 3.19. The molecule has 0 radical (unpaired) electrons. The van der Waals surface area contributed by atoms with E-state index in [4.69, 9.17) is 12.2 Å². The number of benzene rings is 1. The Morgan fingerprint density at radius 2 is 1.81 bits per heavy atom. The molecule has 1 N–H and O–H groups in total. The van der Waals surface area contributed by atoms with Gasteiger partial charge in [0.25, 0.3) is 0 Å². The van der Waals surface area contributed by atoms with Gasteiger partial charge in [0, 0.05) is 36.2 Å². The maximum Gasteiger partial charge on any atom is 0.246 e. The third-order valence-corrected chi connectivity index (χ3v) is 10.7. The Balaban J connectivity index is 1.37. The molecule has 0 spiro atoms. The van der Waals surface area contributed by atoms with E-state index >= 15 is 0 Å². The van der Waals surface area contributed by atoms with Crippen molar-refractivity contribution in [3.8, 4) is 0 Å². The summed E-state index contributed by atoms with van der Waals surface area (Å²) in [5.41, 5.74) is 0.933. The smallest absolute Gasteiger partial charge is 0.246 e. The number of nitrogens with zero attached hydrogens (tertiary/aromatic N) is 2. The van der Waals surface area contributed by atoms with Gasteiger partial charge in [-0.2, -0.15) is 0 Å². The molecule has 5 rings (SSSR count). The molecule has 3 saturated carbocycles. The summed E-state index contributed by atoms with van der Waals surface area (Å²) in [6, 6.07) is 10.2. The van der Waals surface area contributed by atoms with Gasteiger partial charge in [0.15, 0.2) is 5.11 Å². The van der Waals surface area contributed by atoms with Crippen LogP contribution in [0.2, 0.25) is 0 Å². The fourth-order valence-corrected chi connectivity index (χ4v) is 9.02. The van der Waals surface area contributed by atoms with E-state index < -0.39 is 0 Å². The molecule has 7 atom stereocenters. The molecule has 6 heteroatoms. The quantitative estimate of drug-likeness (QED) is 0.520. The number of nitrogens with one attached hydrogen (secondary N) is 1. The predicted octanol–water partition coefficient (Wildman–Crippen LogP) is 5.88. The van der Waals surface area contributed by atoms with Crippen LogP contribution < -0.4 is 5.32 Å². The molecule has 0 unspecified atom stereocenters. The van der Waals surface area contributed by atoms with Crippen molar-refractivity contribution >= 4 is 34.8 Å². The van der Waals surface area contributed by atoms with E-state index in [1.54, 1.807) is 6.08 Å². The van der Waals surface area contributed by atoms with Crippen LogP contribution in [-0.4, -0.2) is 45.9 Å². The van der Waals surface area contributed by atoms with Crippen LogP contribution in [0.1, 0.15) is 66.2 Å². The highest BCUT2D eigenvalue weighted by atomic mass is 32.1. The van der Waals surface area contributed by atoms with E-state index in [2.05, 4.69) is 39.1 Å². The number of hydrogen-bond donors (Lipinski definition) is 1. The van der Waals surface area contributed by atoms with Crippen LogP contribution in [0.3, 0.4) is 0 Å². The first kappa shape index (κ1) is 25.4. The first-order valence-electron chi connectivity index (χ1n) is 13.7. The van der Waals surface area contributed by atoms with Crippen molar-refractivity contribution in [2.45, 2.75) is 78.3 Å². The maximum absolute atomic E-state index is 14.2. The van der Waals surface area contributed by atoms with Crippen molar-refractivity contribution < 1.29 is 9.59 Å². The van der Waals surface area contributed by atoms with Crippen molar-refractivity contribution in [1.29, 1.82) is 0 Å². The predicted molar refractivity (Wildman–Crippen MR) is 148 cm³/mol. The van der Waals surface area contributed by atoms with Gasteiger partial charge < -0.3 is 10.2 Å². The van der Waals surface area contributed by atoms with Gasteiger partial charge in [-0.3, -0.25) is 14.5 Å². The second kappa shape index (κ2) is 9.27. The highest BCUT2D eigenvalue weighted by Crippen LogP contribution is 2.65. The second-order valence-corrected chi connectivity index (χ2v) is 12.8. The van der Waals surface area contributed by atoms with Gasteiger partial charge in [-0.1, -0.05) is 38.1 Å². The number of fused-ring (bicyclic) bond motifs is 5. The number of anilines is 1. The molecule has 1 heterocycles. The van der Waals surface area contributed by atoms with Gasteiger partial charge in [-0.25, -0.2) is 0 Å². The number of likely N-dealkylation sites (N-methyl/N-ethyl adjacent to an activating group) is 1. The molecule has 1 aromatic rings. The monoisotopic (exact) mass is 507 g/mol. The van der Waals surface area contributed by atoms with Gasteiger partial charge in [0.05, 0.1) is 0 Å².